The van der Waals surface area contributed by atoms with Gasteiger partial charge >= 0.3 is 5.97 Å². The fraction of sp³-hybridized carbons (Fsp3) is 0.929. The average molecular weight is 400 g/mol. The number of rotatable bonds is 6. The molecule has 0 bridgehead atoms. The van der Waals surface area contributed by atoms with Crippen molar-refractivity contribution in [3.63, 3.8) is 0 Å². The van der Waals surface area contributed by atoms with E-state index in [0.29, 0.717) is 0 Å². The summed E-state index contributed by atoms with van der Waals surface area (Å²) in [7, 11) is 0. The van der Waals surface area contributed by atoms with Gasteiger partial charge < -0.3 is 60.2 Å². The topological polar surface area (TPSA) is 227 Å². The summed E-state index contributed by atoms with van der Waals surface area (Å²) in [5.41, 5.74) is 0. The lowest BCUT2D eigenvalue weighted by atomic mass is 9.92. The molecule has 27 heavy (non-hydrogen) atoms. The van der Waals surface area contributed by atoms with E-state index >= 15 is 0 Å². The van der Waals surface area contributed by atoms with Gasteiger partial charge in [-0.05, 0) is 0 Å². The minimum absolute atomic E-state index is 0.744. The molecule has 10 atom stereocenters. The molecule has 0 aliphatic carbocycles. The predicted octanol–water partition coefficient (Wildman–Crippen LogP) is -5.55. The van der Waals surface area contributed by atoms with Gasteiger partial charge in [-0.3, -0.25) is 0 Å². The molecule has 0 aromatic carbocycles. The van der Waals surface area contributed by atoms with Crippen LogP contribution in [0.3, 0.4) is 0 Å². The Labute approximate surface area is 152 Å². The Kier molecular flexibility index (Phi) is 7.10. The summed E-state index contributed by atoms with van der Waals surface area (Å²) in [5, 5.41) is 86.9. The highest BCUT2D eigenvalue weighted by Crippen LogP contribution is 2.33. The molecule has 9 N–H and O–H groups in total. The zero-order chi connectivity index (χ0) is 20.5. The number of ether oxygens (including phenoxy) is 3. The van der Waals surface area contributed by atoms with E-state index in [0.717, 1.165) is 0 Å². The molecule has 0 aromatic rings. The molecule has 0 saturated carbocycles. The third-order valence-electron chi connectivity index (χ3n) is 4.58. The number of carbonyl (C=O) groups is 1. The van der Waals surface area contributed by atoms with E-state index in [1.165, 1.54) is 0 Å². The van der Waals surface area contributed by atoms with Crippen molar-refractivity contribution >= 4 is 5.97 Å². The van der Waals surface area contributed by atoms with E-state index < -0.39 is 86.5 Å². The zero-order valence-corrected chi connectivity index (χ0v) is 14.0. The summed E-state index contributed by atoms with van der Waals surface area (Å²) in [4.78, 5) is 11.3. The van der Waals surface area contributed by atoms with Gasteiger partial charge in [-0.25, -0.2) is 4.79 Å². The maximum absolute atomic E-state index is 11.3. The smallest absolute Gasteiger partial charge is 0.364 e. The van der Waals surface area contributed by atoms with Gasteiger partial charge in [0, 0.05) is 6.42 Å². The number of aliphatic hydroxyl groups is 8. The molecule has 2 heterocycles. The maximum Gasteiger partial charge on any atom is 0.364 e. The monoisotopic (exact) mass is 400 g/mol. The van der Waals surface area contributed by atoms with Gasteiger partial charge in [-0.2, -0.15) is 0 Å². The van der Waals surface area contributed by atoms with Crippen LogP contribution in [0.2, 0.25) is 0 Å². The van der Waals surface area contributed by atoms with Gasteiger partial charge in [0.25, 0.3) is 5.79 Å². The van der Waals surface area contributed by atoms with Crippen LogP contribution in [0, 0.1) is 0 Å². The van der Waals surface area contributed by atoms with Crippen LogP contribution in [-0.4, -0.2) is 126 Å². The molecule has 13 heteroatoms. The van der Waals surface area contributed by atoms with Crippen LogP contribution in [0.15, 0.2) is 0 Å². The lowest BCUT2D eigenvalue weighted by Crippen LogP contribution is -2.65. The first-order valence-corrected chi connectivity index (χ1v) is 8.12. The Balaban J connectivity index is 2.22. The van der Waals surface area contributed by atoms with E-state index in [1.54, 1.807) is 0 Å². The highest BCUT2D eigenvalue weighted by Gasteiger charge is 2.55. The zero-order valence-electron chi connectivity index (χ0n) is 14.0. The minimum Gasteiger partial charge on any atom is -0.477 e. The molecule has 2 saturated heterocycles. The second-order valence-corrected chi connectivity index (χ2v) is 6.49. The second kappa shape index (κ2) is 8.59. The summed E-state index contributed by atoms with van der Waals surface area (Å²) < 4.78 is 15.2. The first-order chi connectivity index (χ1) is 12.6. The molecule has 2 rings (SSSR count). The van der Waals surface area contributed by atoms with Crippen LogP contribution in [0.4, 0.5) is 0 Å². The second-order valence-electron chi connectivity index (χ2n) is 6.49. The van der Waals surface area contributed by atoms with Crippen LogP contribution in [-0.2, 0) is 19.0 Å². The Morgan fingerprint density at radius 2 is 1.74 bits per heavy atom. The third-order valence-corrected chi connectivity index (χ3v) is 4.58. The van der Waals surface area contributed by atoms with Crippen molar-refractivity contribution in [2.45, 2.75) is 67.3 Å². The van der Waals surface area contributed by atoms with Crippen LogP contribution in [0.1, 0.15) is 6.42 Å². The first-order valence-electron chi connectivity index (χ1n) is 8.12. The molecule has 0 spiro atoms. The van der Waals surface area contributed by atoms with Crippen molar-refractivity contribution in [2.75, 3.05) is 13.2 Å². The van der Waals surface area contributed by atoms with Crippen molar-refractivity contribution in [3.8, 4) is 0 Å². The summed E-state index contributed by atoms with van der Waals surface area (Å²) >= 11 is 0. The minimum atomic E-state index is -2.89. The van der Waals surface area contributed by atoms with E-state index in [9.17, 15) is 35.4 Å². The predicted molar refractivity (Wildman–Crippen MR) is 79.8 cm³/mol. The van der Waals surface area contributed by atoms with Gasteiger partial charge in [-0.15, -0.1) is 0 Å². The quantitative estimate of drug-likeness (QED) is 0.203. The normalized spacial score (nSPS) is 46.8. The van der Waals surface area contributed by atoms with Crippen molar-refractivity contribution in [3.05, 3.63) is 0 Å². The lowest BCUT2D eigenvalue weighted by molar-refractivity contribution is -0.355. The van der Waals surface area contributed by atoms with Gasteiger partial charge in [0.2, 0.25) is 0 Å². The van der Waals surface area contributed by atoms with Gasteiger partial charge in [-0.1, -0.05) is 0 Å². The van der Waals surface area contributed by atoms with Crippen LogP contribution in [0.25, 0.3) is 0 Å². The molecule has 158 valence electrons. The van der Waals surface area contributed by atoms with Gasteiger partial charge in [0.05, 0.1) is 19.3 Å². The number of hydrogen-bond acceptors (Lipinski definition) is 12. The molecule has 13 nitrogen and oxygen atoms in total. The Morgan fingerprint density at radius 3 is 2.26 bits per heavy atom. The van der Waals surface area contributed by atoms with Crippen molar-refractivity contribution < 1.29 is 65.0 Å². The van der Waals surface area contributed by atoms with Crippen LogP contribution < -0.4 is 0 Å². The number of aliphatic carboxylic acids is 1. The van der Waals surface area contributed by atoms with Crippen LogP contribution in [0.5, 0.6) is 0 Å². The molecule has 0 radical (unpaired) electrons. The SMILES string of the molecule is O=C(O)[C@]1(O)C[C@@H](O[C@H]2O[C@H](CO)[C@@H](O)[C@H](O)[C@@H]2O)[C@@H](O)[C@@H]([C@H](O)CO)O1. The summed E-state index contributed by atoms with van der Waals surface area (Å²) in [6, 6.07) is 0. The van der Waals surface area contributed by atoms with Gasteiger partial charge in [0.15, 0.2) is 6.29 Å². The Bertz CT molecular complexity index is 515. The molecule has 2 fully saturated rings. The number of carboxylic acids is 1. The third kappa shape index (κ3) is 4.38. The summed E-state index contributed by atoms with van der Waals surface area (Å²) in [6.07, 6.45) is -16.1. The van der Waals surface area contributed by atoms with Crippen LogP contribution >= 0.6 is 0 Å². The number of carboxylic acid groups (broad SMARTS) is 1. The Hall–Kier alpha value is -0.970. The number of aliphatic hydroxyl groups excluding tert-OH is 7. The van der Waals surface area contributed by atoms with Crippen molar-refractivity contribution in [1.82, 2.24) is 0 Å². The average Bonchev–Trinajstić information content (AvgIpc) is 2.63. The lowest BCUT2D eigenvalue weighted by Gasteiger charge is -2.46. The van der Waals surface area contributed by atoms with E-state index in [-0.39, 0.29) is 0 Å². The fourth-order valence-corrected chi connectivity index (χ4v) is 2.98. The standard InChI is InChI=1S/C14H24O13/c15-2-4(17)11-8(19)5(1-14(24,27-11)13(22)23)25-12-10(21)9(20)7(18)6(3-16)26-12/h4-12,15-21,24H,1-3H2,(H,22,23)/t4-,5-,6-,7-,8-,9+,10+,11-,12+,14+/m1/s1. The first kappa shape index (κ1) is 22.3. The van der Waals surface area contributed by atoms with E-state index in [4.69, 9.17) is 29.5 Å². The molecular weight excluding hydrogens is 376 g/mol. The van der Waals surface area contributed by atoms with Crippen molar-refractivity contribution in [1.29, 1.82) is 0 Å². The highest BCUT2D eigenvalue weighted by molar-refractivity contribution is 5.75. The molecule has 2 aliphatic rings. The Morgan fingerprint density at radius 1 is 1.11 bits per heavy atom. The molecule has 2 aliphatic heterocycles. The summed E-state index contributed by atoms with van der Waals surface area (Å²) in [6.45, 7) is -1.67. The molecule has 0 amide bonds. The van der Waals surface area contributed by atoms with E-state index in [2.05, 4.69) is 0 Å². The number of hydrogen-bond donors (Lipinski definition) is 9. The molecular formula is C14H24O13. The molecule has 0 unspecified atom stereocenters. The van der Waals surface area contributed by atoms with Crippen molar-refractivity contribution in [2.24, 2.45) is 0 Å². The highest BCUT2D eigenvalue weighted by atomic mass is 16.7. The maximum atomic E-state index is 11.3. The molecule has 0 aromatic heterocycles. The van der Waals surface area contributed by atoms with Gasteiger partial charge in [0.1, 0.15) is 42.7 Å². The fourth-order valence-electron chi connectivity index (χ4n) is 2.98. The summed E-state index contributed by atoms with van der Waals surface area (Å²) in [5.74, 6) is -4.74. The largest absolute Gasteiger partial charge is 0.477 e. The van der Waals surface area contributed by atoms with E-state index in [1.807, 2.05) is 0 Å².